The molecule has 1 amide bonds. The van der Waals surface area contributed by atoms with Crippen LogP contribution in [-0.4, -0.2) is 35.2 Å². The van der Waals surface area contributed by atoms with Crippen LogP contribution in [0.15, 0.2) is 59.5 Å². The Morgan fingerprint density at radius 1 is 1.18 bits per heavy atom. The molecular formula is C26H29N3O3S2. The van der Waals surface area contributed by atoms with Crippen LogP contribution >= 0.6 is 23.1 Å². The largest absolute Gasteiger partial charge is 0.462 e. The van der Waals surface area contributed by atoms with Crippen molar-refractivity contribution in [3.05, 3.63) is 76.2 Å². The number of thioether (sulfide) groups is 1. The number of nitrogens with two attached hydrogens (primary N) is 1. The number of nitrogens with zero attached hydrogens (tertiary/aromatic N) is 1. The van der Waals surface area contributed by atoms with Crippen LogP contribution in [0.25, 0.3) is 0 Å². The van der Waals surface area contributed by atoms with E-state index in [2.05, 4.69) is 22.3 Å². The van der Waals surface area contributed by atoms with Crippen LogP contribution in [0.3, 0.4) is 0 Å². The lowest BCUT2D eigenvalue weighted by Crippen LogP contribution is -2.30. The second-order valence-electron chi connectivity index (χ2n) is 8.19. The minimum absolute atomic E-state index is 0.146. The molecule has 0 bridgehead atoms. The predicted molar refractivity (Wildman–Crippen MR) is 139 cm³/mol. The van der Waals surface area contributed by atoms with Crippen molar-refractivity contribution in [3.8, 4) is 0 Å². The molecule has 1 aliphatic rings. The molecule has 2 aromatic carbocycles. The van der Waals surface area contributed by atoms with Crippen molar-refractivity contribution in [1.82, 2.24) is 4.90 Å². The van der Waals surface area contributed by atoms with Gasteiger partial charge in [0.05, 0.1) is 17.4 Å². The van der Waals surface area contributed by atoms with Crippen molar-refractivity contribution in [1.29, 1.82) is 0 Å². The molecule has 0 aliphatic carbocycles. The molecular weight excluding hydrogens is 466 g/mol. The summed E-state index contributed by atoms with van der Waals surface area (Å²) in [6, 6.07) is 17.8. The molecule has 0 fully saturated rings. The third-order valence-corrected chi connectivity index (χ3v) is 7.91. The van der Waals surface area contributed by atoms with Crippen molar-refractivity contribution in [3.63, 3.8) is 0 Å². The Hall–Kier alpha value is -2.81. The summed E-state index contributed by atoms with van der Waals surface area (Å²) in [6.45, 7) is 6.39. The molecule has 0 saturated heterocycles. The summed E-state index contributed by atoms with van der Waals surface area (Å²) >= 11 is 2.94. The first-order chi connectivity index (χ1) is 16.4. The number of benzene rings is 2. The Kier molecular flexibility index (Phi) is 7.92. The van der Waals surface area contributed by atoms with E-state index in [9.17, 15) is 9.59 Å². The number of hydrogen-bond acceptors (Lipinski definition) is 7. The van der Waals surface area contributed by atoms with E-state index in [1.165, 1.54) is 28.7 Å². The highest BCUT2D eigenvalue weighted by Gasteiger charge is 2.30. The molecule has 1 aromatic heterocycles. The SMILES string of the molecule is CCOC(=O)c1c(NC(=O)C(C)Sc2ccc(N)cc2)sc2c1CCN(Cc1ccccc1)C2. The zero-order chi connectivity index (χ0) is 24.1. The zero-order valence-electron chi connectivity index (χ0n) is 19.4. The number of nitrogens with one attached hydrogen (secondary N) is 1. The van der Waals surface area contributed by atoms with Gasteiger partial charge >= 0.3 is 5.97 Å². The van der Waals surface area contributed by atoms with E-state index in [-0.39, 0.29) is 17.1 Å². The van der Waals surface area contributed by atoms with Gasteiger partial charge in [0.25, 0.3) is 0 Å². The Morgan fingerprint density at radius 3 is 2.62 bits per heavy atom. The maximum absolute atomic E-state index is 13.0. The van der Waals surface area contributed by atoms with Crippen molar-refractivity contribution < 1.29 is 14.3 Å². The predicted octanol–water partition coefficient (Wildman–Crippen LogP) is 5.18. The quantitative estimate of drug-likeness (QED) is 0.254. The fraction of sp³-hybridized carbons (Fsp3) is 0.308. The highest BCUT2D eigenvalue weighted by atomic mass is 32.2. The Bertz CT molecular complexity index is 1150. The molecule has 0 radical (unpaired) electrons. The standard InChI is InChI=1S/C26H29N3O3S2/c1-3-32-26(31)23-21-13-14-29(15-18-7-5-4-6-8-18)16-22(21)34-25(23)28-24(30)17(2)33-20-11-9-19(27)10-12-20/h4-12,17H,3,13-16,27H2,1-2H3,(H,28,30). The first-order valence-electron chi connectivity index (χ1n) is 11.4. The van der Waals surface area contributed by atoms with E-state index in [1.54, 1.807) is 6.92 Å². The first kappa shape index (κ1) is 24.3. The summed E-state index contributed by atoms with van der Waals surface area (Å²) in [5.41, 5.74) is 9.22. The number of esters is 1. The van der Waals surface area contributed by atoms with Crippen molar-refractivity contribution in [2.75, 3.05) is 24.2 Å². The third kappa shape index (κ3) is 5.81. The minimum atomic E-state index is -0.370. The number of nitrogen functional groups attached to an aromatic ring is 1. The summed E-state index contributed by atoms with van der Waals surface area (Å²) in [6.07, 6.45) is 0.748. The maximum Gasteiger partial charge on any atom is 0.341 e. The highest BCUT2D eigenvalue weighted by molar-refractivity contribution is 8.00. The molecule has 2 heterocycles. The van der Waals surface area contributed by atoms with Crippen molar-refractivity contribution in [2.24, 2.45) is 0 Å². The van der Waals surface area contributed by atoms with Gasteiger partial charge in [-0.1, -0.05) is 30.3 Å². The molecule has 6 nitrogen and oxygen atoms in total. The van der Waals surface area contributed by atoms with Gasteiger partial charge in [-0.15, -0.1) is 23.1 Å². The summed E-state index contributed by atoms with van der Waals surface area (Å²) in [5.74, 6) is -0.516. The van der Waals surface area contributed by atoms with Gasteiger partial charge in [0.15, 0.2) is 0 Å². The van der Waals surface area contributed by atoms with Crippen LogP contribution in [0.1, 0.15) is 40.2 Å². The topological polar surface area (TPSA) is 84.7 Å². The number of carbonyl (C=O) groups is 2. The fourth-order valence-electron chi connectivity index (χ4n) is 3.96. The molecule has 34 heavy (non-hydrogen) atoms. The third-order valence-electron chi connectivity index (χ3n) is 5.66. The number of amides is 1. The number of ether oxygens (including phenoxy) is 1. The van der Waals surface area contributed by atoms with Crippen LogP contribution in [0.5, 0.6) is 0 Å². The van der Waals surface area contributed by atoms with E-state index < -0.39 is 0 Å². The van der Waals surface area contributed by atoms with E-state index in [4.69, 9.17) is 10.5 Å². The van der Waals surface area contributed by atoms with E-state index in [1.807, 2.05) is 49.4 Å². The summed E-state index contributed by atoms with van der Waals surface area (Å²) in [4.78, 5) is 30.3. The fourth-order valence-corrected chi connectivity index (χ4v) is 6.11. The number of fused-ring (bicyclic) bond motifs is 1. The lowest BCUT2D eigenvalue weighted by molar-refractivity contribution is -0.115. The maximum atomic E-state index is 13.0. The molecule has 3 aromatic rings. The van der Waals surface area contributed by atoms with Crippen LogP contribution in [-0.2, 0) is 29.0 Å². The van der Waals surface area contributed by atoms with Crippen molar-refractivity contribution in [2.45, 2.75) is 43.5 Å². The molecule has 3 N–H and O–H groups in total. The summed E-state index contributed by atoms with van der Waals surface area (Å²) in [7, 11) is 0. The van der Waals surface area contributed by atoms with Gasteiger partial charge in [-0.25, -0.2) is 4.79 Å². The number of anilines is 2. The van der Waals surface area contributed by atoms with Gasteiger partial charge in [0.1, 0.15) is 5.00 Å². The Labute approximate surface area is 208 Å². The number of thiophene rings is 1. The minimum Gasteiger partial charge on any atom is -0.462 e. The van der Waals surface area contributed by atoms with Gasteiger partial charge in [-0.2, -0.15) is 0 Å². The van der Waals surface area contributed by atoms with E-state index >= 15 is 0 Å². The van der Waals surface area contributed by atoms with Crippen LogP contribution in [0.2, 0.25) is 0 Å². The Morgan fingerprint density at radius 2 is 1.91 bits per heavy atom. The van der Waals surface area contributed by atoms with Gasteiger partial charge < -0.3 is 15.8 Å². The van der Waals surface area contributed by atoms with Gasteiger partial charge in [-0.3, -0.25) is 9.69 Å². The smallest absolute Gasteiger partial charge is 0.341 e. The lowest BCUT2D eigenvalue weighted by atomic mass is 10.0. The molecule has 0 saturated carbocycles. The molecule has 1 aliphatic heterocycles. The molecule has 0 spiro atoms. The van der Waals surface area contributed by atoms with Crippen LogP contribution in [0.4, 0.5) is 10.7 Å². The van der Waals surface area contributed by atoms with Gasteiger partial charge in [0.2, 0.25) is 5.91 Å². The summed E-state index contributed by atoms with van der Waals surface area (Å²) < 4.78 is 5.35. The number of hydrogen-bond donors (Lipinski definition) is 2. The molecule has 178 valence electrons. The monoisotopic (exact) mass is 495 g/mol. The van der Waals surface area contributed by atoms with Crippen LogP contribution in [0, 0.1) is 0 Å². The van der Waals surface area contributed by atoms with E-state index in [0.29, 0.717) is 22.9 Å². The Balaban J connectivity index is 1.51. The number of rotatable bonds is 8. The average molecular weight is 496 g/mol. The first-order valence-corrected chi connectivity index (χ1v) is 13.0. The van der Waals surface area contributed by atoms with Crippen LogP contribution < -0.4 is 11.1 Å². The summed E-state index contributed by atoms with van der Waals surface area (Å²) in [5, 5.41) is 3.26. The molecule has 1 unspecified atom stereocenters. The second-order valence-corrected chi connectivity index (χ2v) is 10.7. The molecule has 8 heteroatoms. The molecule has 4 rings (SSSR count). The average Bonchev–Trinajstić information content (AvgIpc) is 3.18. The number of carbonyl (C=O) groups excluding carboxylic acids is 2. The lowest BCUT2D eigenvalue weighted by Gasteiger charge is -2.27. The molecule has 1 atom stereocenters. The normalized spacial score (nSPS) is 14.3. The zero-order valence-corrected chi connectivity index (χ0v) is 21.0. The van der Waals surface area contributed by atoms with Crippen molar-refractivity contribution >= 4 is 45.7 Å². The van der Waals surface area contributed by atoms with Gasteiger partial charge in [0, 0.05) is 35.1 Å². The van der Waals surface area contributed by atoms with Gasteiger partial charge in [-0.05, 0) is 55.7 Å². The van der Waals surface area contributed by atoms with E-state index in [0.717, 1.165) is 41.4 Å². The highest BCUT2D eigenvalue weighted by Crippen LogP contribution is 2.38. The second kappa shape index (κ2) is 11.1.